The van der Waals surface area contributed by atoms with Crippen molar-refractivity contribution in [2.75, 3.05) is 5.32 Å². The zero-order valence-corrected chi connectivity index (χ0v) is 15.8. The molecule has 0 atom stereocenters. The van der Waals surface area contributed by atoms with Gasteiger partial charge < -0.3 is 10.4 Å². The molecule has 27 heavy (non-hydrogen) atoms. The maximum Gasteiger partial charge on any atom is 0.274 e. The highest BCUT2D eigenvalue weighted by Gasteiger charge is 2.40. The monoisotopic (exact) mass is 364 g/mol. The molecule has 0 bridgehead atoms. The van der Waals surface area contributed by atoms with Crippen LogP contribution in [0.5, 0.6) is 0 Å². The predicted octanol–water partition coefficient (Wildman–Crippen LogP) is 3.71. The number of anilines is 1. The van der Waals surface area contributed by atoms with E-state index in [0.29, 0.717) is 17.7 Å². The van der Waals surface area contributed by atoms with Crippen LogP contribution in [0.4, 0.5) is 5.69 Å². The molecule has 0 radical (unpaired) electrons. The van der Waals surface area contributed by atoms with E-state index in [4.69, 9.17) is 0 Å². The molecule has 0 aliphatic heterocycles. The number of amides is 1. The molecule has 2 heterocycles. The number of aryl methyl sites for hydroxylation is 1. The van der Waals surface area contributed by atoms with Crippen molar-refractivity contribution in [3.05, 3.63) is 54.0 Å². The molecule has 0 saturated heterocycles. The van der Waals surface area contributed by atoms with Crippen molar-refractivity contribution in [2.45, 2.75) is 45.3 Å². The van der Waals surface area contributed by atoms with Gasteiger partial charge in [-0.25, -0.2) is 4.98 Å². The minimum absolute atomic E-state index is 0.225. The van der Waals surface area contributed by atoms with Crippen molar-refractivity contribution >= 4 is 22.5 Å². The summed E-state index contributed by atoms with van der Waals surface area (Å²) in [5.41, 5.74) is 2.19. The third-order valence-corrected chi connectivity index (χ3v) is 5.39. The van der Waals surface area contributed by atoms with E-state index in [1.54, 1.807) is 6.07 Å². The Morgan fingerprint density at radius 1 is 1.26 bits per heavy atom. The molecule has 6 heteroatoms. The Morgan fingerprint density at radius 3 is 2.74 bits per heavy atom. The van der Waals surface area contributed by atoms with Gasteiger partial charge in [0, 0.05) is 23.0 Å². The lowest BCUT2D eigenvalue weighted by atomic mass is 9.71. The standard InChI is InChI=1S/C21H24N4O2/c1-13-5-4-6-19(22-13)20(26)23-16-7-8-18-14(9-16)12-25(24-18)17-10-15(11-17)21(2,3)27/h4-9,12,15,17,27H,10-11H2,1-3H3,(H,23,26). The molecule has 140 valence electrons. The molecule has 1 aromatic carbocycles. The second-order valence-electron chi connectivity index (χ2n) is 7.98. The fraction of sp³-hybridized carbons (Fsp3) is 0.381. The number of carbonyl (C=O) groups is 1. The quantitative estimate of drug-likeness (QED) is 0.739. The molecule has 1 fully saturated rings. The minimum Gasteiger partial charge on any atom is -0.390 e. The van der Waals surface area contributed by atoms with Crippen molar-refractivity contribution < 1.29 is 9.90 Å². The van der Waals surface area contributed by atoms with Gasteiger partial charge in [-0.1, -0.05) is 6.07 Å². The van der Waals surface area contributed by atoms with E-state index in [1.165, 1.54) is 0 Å². The largest absolute Gasteiger partial charge is 0.390 e. The molecule has 1 amide bonds. The fourth-order valence-electron chi connectivity index (χ4n) is 3.55. The Morgan fingerprint density at radius 2 is 2.04 bits per heavy atom. The summed E-state index contributed by atoms with van der Waals surface area (Å²) in [4.78, 5) is 16.6. The van der Waals surface area contributed by atoms with Crippen LogP contribution in [0.15, 0.2) is 42.6 Å². The van der Waals surface area contributed by atoms with Crippen LogP contribution in [-0.4, -0.2) is 31.4 Å². The lowest BCUT2D eigenvalue weighted by molar-refractivity contribution is -0.0412. The van der Waals surface area contributed by atoms with Gasteiger partial charge in [0.2, 0.25) is 0 Å². The second-order valence-corrected chi connectivity index (χ2v) is 7.98. The zero-order chi connectivity index (χ0) is 19.2. The molecule has 6 nitrogen and oxygen atoms in total. The van der Waals surface area contributed by atoms with Gasteiger partial charge in [-0.3, -0.25) is 9.48 Å². The molecule has 0 spiro atoms. The van der Waals surface area contributed by atoms with Crippen LogP contribution in [0.1, 0.15) is 48.9 Å². The Bertz CT molecular complexity index is 997. The number of benzene rings is 1. The molecule has 1 saturated carbocycles. The number of carbonyl (C=O) groups excluding carboxylic acids is 1. The number of aliphatic hydroxyl groups is 1. The van der Waals surface area contributed by atoms with Gasteiger partial charge in [0.1, 0.15) is 5.69 Å². The van der Waals surface area contributed by atoms with Gasteiger partial charge >= 0.3 is 0 Å². The number of nitrogens with zero attached hydrogens (tertiary/aromatic N) is 3. The highest BCUT2D eigenvalue weighted by atomic mass is 16.3. The van der Waals surface area contributed by atoms with Gasteiger partial charge in [0.15, 0.2) is 0 Å². The van der Waals surface area contributed by atoms with E-state index in [1.807, 2.05) is 62.0 Å². The Hall–Kier alpha value is -2.73. The van der Waals surface area contributed by atoms with E-state index >= 15 is 0 Å². The van der Waals surface area contributed by atoms with Crippen molar-refractivity contribution in [3.63, 3.8) is 0 Å². The molecule has 2 N–H and O–H groups in total. The number of hydrogen-bond donors (Lipinski definition) is 2. The third-order valence-electron chi connectivity index (χ3n) is 5.39. The lowest BCUT2D eigenvalue weighted by Crippen LogP contribution is -2.41. The molecular weight excluding hydrogens is 340 g/mol. The van der Waals surface area contributed by atoms with Gasteiger partial charge in [0.05, 0.1) is 17.2 Å². The van der Waals surface area contributed by atoms with Gasteiger partial charge in [-0.05, 0) is 69.9 Å². The number of aromatic nitrogens is 3. The van der Waals surface area contributed by atoms with E-state index < -0.39 is 5.60 Å². The van der Waals surface area contributed by atoms with E-state index in [2.05, 4.69) is 15.4 Å². The summed E-state index contributed by atoms with van der Waals surface area (Å²) < 4.78 is 1.99. The minimum atomic E-state index is -0.635. The van der Waals surface area contributed by atoms with Gasteiger partial charge in [-0.2, -0.15) is 5.10 Å². The predicted molar refractivity (Wildman–Crippen MR) is 105 cm³/mol. The van der Waals surface area contributed by atoms with Crippen molar-refractivity contribution in [2.24, 2.45) is 5.92 Å². The Labute approximate surface area is 158 Å². The average molecular weight is 364 g/mol. The summed E-state index contributed by atoms with van der Waals surface area (Å²) in [5.74, 6) is 0.0870. The van der Waals surface area contributed by atoms with Crippen molar-refractivity contribution in [3.8, 4) is 0 Å². The molecule has 4 rings (SSSR count). The van der Waals surface area contributed by atoms with E-state index in [9.17, 15) is 9.90 Å². The number of nitrogens with one attached hydrogen (secondary N) is 1. The third kappa shape index (κ3) is 3.57. The molecule has 1 aliphatic carbocycles. The molecule has 2 aromatic heterocycles. The smallest absolute Gasteiger partial charge is 0.274 e. The number of hydrogen-bond acceptors (Lipinski definition) is 4. The van der Waals surface area contributed by atoms with Crippen molar-refractivity contribution in [1.29, 1.82) is 0 Å². The van der Waals surface area contributed by atoms with E-state index in [0.717, 1.165) is 35.1 Å². The van der Waals surface area contributed by atoms with Crippen LogP contribution in [0.2, 0.25) is 0 Å². The first-order valence-electron chi connectivity index (χ1n) is 9.26. The van der Waals surface area contributed by atoms with Gasteiger partial charge in [0.25, 0.3) is 5.91 Å². The molecule has 1 aliphatic rings. The fourth-order valence-corrected chi connectivity index (χ4v) is 3.55. The Kier molecular flexibility index (Phi) is 4.23. The molecular formula is C21H24N4O2. The maximum atomic E-state index is 12.4. The van der Waals surface area contributed by atoms with E-state index in [-0.39, 0.29) is 5.91 Å². The van der Waals surface area contributed by atoms with Crippen LogP contribution in [0, 0.1) is 12.8 Å². The first kappa shape index (κ1) is 17.7. The molecule has 3 aromatic rings. The number of rotatable bonds is 4. The summed E-state index contributed by atoms with van der Waals surface area (Å²) in [6, 6.07) is 11.4. The van der Waals surface area contributed by atoms with Crippen LogP contribution in [0.3, 0.4) is 0 Å². The van der Waals surface area contributed by atoms with Crippen LogP contribution in [0.25, 0.3) is 10.9 Å². The first-order valence-corrected chi connectivity index (χ1v) is 9.26. The number of fused-ring (bicyclic) bond motifs is 1. The van der Waals surface area contributed by atoms with Gasteiger partial charge in [-0.15, -0.1) is 0 Å². The summed E-state index contributed by atoms with van der Waals surface area (Å²) in [6.45, 7) is 5.59. The summed E-state index contributed by atoms with van der Waals surface area (Å²) in [6.07, 6.45) is 3.88. The SMILES string of the molecule is Cc1cccc(C(=O)Nc2ccc3nn(C4CC(C(C)(C)O)C4)cc3c2)n1. The highest BCUT2D eigenvalue weighted by molar-refractivity contribution is 6.03. The maximum absolute atomic E-state index is 12.4. The lowest BCUT2D eigenvalue weighted by Gasteiger charge is -2.42. The average Bonchev–Trinajstić information content (AvgIpc) is 2.94. The zero-order valence-electron chi connectivity index (χ0n) is 15.8. The Balaban J connectivity index is 1.49. The second kappa shape index (κ2) is 6.46. The van der Waals surface area contributed by atoms with Crippen LogP contribution >= 0.6 is 0 Å². The number of pyridine rings is 1. The van der Waals surface area contributed by atoms with Crippen LogP contribution in [-0.2, 0) is 0 Å². The first-order chi connectivity index (χ1) is 12.8. The summed E-state index contributed by atoms with van der Waals surface area (Å²) in [7, 11) is 0. The summed E-state index contributed by atoms with van der Waals surface area (Å²) >= 11 is 0. The summed E-state index contributed by atoms with van der Waals surface area (Å²) in [5, 5.41) is 18.6. The normalized spacial score (nSPS) is 19.7. The topological polar surface area (TPSA) is 80.0 Å². The molecule has 0 unspecified atom stereocenters. The highest BCUT2D eigenvalue weighted by Crippen LogP contribution is 2.43. The van der Waals surface area contributed by atoms with Crippen molar-refractivity contribution in [1.82, 2.24) is 14.8 Å². The van der Waals surface area contributed by atoms with Crippen LogP contribution < -0.4 is 5.32 Å².